The van der Waals surface area contributed by atoms with Crippen molar-refractivity contribution in [2.24, 2.45) is 29.1 Å². The lowest BCUT2D eigenvalue weighted by Crippen LogP contribution is -2.38. The lowest BCUT2D eigenvalue weighted by Gasteiger charge is -2.41. The summed E-state index contributed by atoms with van der Waals surface area (Å²) in [6.45, 7) is 8.96. The van der Waals surface area contributed by atoms with E-state index >= 15 is 0 Å². The van der Waals surface area contributed by atoms with Gasteiger partial charge in [0, 0.05) is 0 Å². The highest BCUT2D eigenvalue weighted by Crippen LogP contribution is 2.48. The molecule has 0 aliphatic carbocycles. The number of unbranched alkanes of at least 4 members (excludes halogenated alkanes) is 40. The van der Waals surface area contributed by atoms with Gasteiger partial charge < -0.3 is 20.4 Å². The molecular weight excluding hydrogens is 909 g/mol. The molecular formula is C65H124O8. The van der Waals surface area contributed by atoms with Crippen LogP contribution in [0.1, 0.15) is 362 Å². The van der Waals surface area contributed by atoms with Crippen LogP contribution < -0.4 is 0 Å². The SMILES string of the molecule is CCCCCCCCCCCCCC(CC(CC(CCCCCCCCCCCCC)C(=O)O)(CC(CCCCCCCCCCCCC)C(=O)O)CC(CCCCCCCCCCCCC)C(=O)O)C(=O)O. The summed E-state index contributed by atoms with van der Waals surface area (Å²) in [7, 11) is 0. The summed E-state index contributed by atoms with van der Waals surface area (Å²) in [5.74, 6) is -6.87. The lowest BCUT2D eigenvalue weighted by molar-refractivity contribution is -0.148. The van der Waals surface area contributed by atoms with Gasteiger partial charge in [-0.3, -0.25) is 19.2 Å². The maximum atomic E-state index is 13.4. The highest BCUT2D eigenvalue weighted by atomic mass is 16.4. The van der Waals surface area contributed by atoms with E-state index in [1.54, 1.807) is 0 Å². The number of rotatable bonds is 60. The Hall–Kier alpha value is -2.12. The van der Waals surface area contributed by atoms with Crippen molar-refractivity contribution >= 4 is 23.9 Å². The minimum atomic E-state index is -1.05. The van der Waals surface area contributed by atoms with Crippen LogP contribution in [0.5, 0.6) is 0 Å². The Balaban J connectivity index is 6.48. The fourth-order valence-electron chi connectivity index (χ4n) is 12.1. The Morgan fingerprint density at radius 2 is 0.356 bits per heavy atom. The summed E-state index contributed by atoms with van der Waals surface area (Å²) in [5.41, 5.74) is -1.05. The summed E-state index contributed by atoms with van der Waals surface area (Å²) in [5, 5.41) is 43.7. The summed E-state index contributed by atoms with van der Waals surface area (Å²) < 4.78 is 0. The third kappa shape index (κ3) is 43.7. The molecule has 73 heavy (non-hydrogen) atoms. The Labute approximate surface area is 452 Å². The largest absolute Gasteiger partial charge is 0.481 e. The highest BCUT2D eigenvalue weighted by molar-refractivity contribution is 5.72. The first-order valence-corrected chi connectivity index (χ1v) is 32.4. The fraction of sp³-hybridized carbons (Fsp3) is 0.938. The number of carboxylic acid groups (broad SMARTS) is 4. The predicted octanol–water partition coefficient (Wildman–Crippen LogP) is 21.1. The zero-order valence-corrected chi connectivity index (χ0v) is 49.0. The van der Waals surface area contributed by atoms with Crippen molar-refractivity contribution in [1.29, 1.82) is 0 Å². The Kier molecular flexibility index (Phi) is 50.5. The van der Waals surface area contributed by atoms with Crippen LogP contribution in [0.15, 0.2) is 0 Å². The molecule has 0 spiro atoms. The van der Waals surface area contributed by atoms with Crippen LogP contribution in [-0.2, 0) is 19.2 Å². The molecule has 8 heteroatoms. The van der Waals surface area contributed by atoms with Gasteiger partial charge in [-0.2, -0.15) is 0 Å². The smallest absolute Gasteiger partial charge is 0.306 e. The van der Waals surface area contributed by atoms with Crippen molar-refractivity contribution in [2.45, 2.75) is 362 Å². The first-order valence-electron chi connectivity index (χ1n) is 32.4. The quantitative estimate of drug-likeness (QED) is 0.0440. The van der Waals surface area contributed by atoms with Crippen LogP contribution in [0.2, 0.25) is 0 Å². The normalized spacial score (nSPS) is 14.2. The second kappa shape index (κ2) is 52.0. The minimum Gasteiger partial charge on any atom is -0.481 e. The van der Waals surface area contributed by atoms with Gasteiger partial charge in [0.1, 0.15) is 0 Å². The molecule has 0 saturated carbocycles. The molecule has 0 radical (unpaired) electrons. The number of carboxylic acids is 4. The first-order chi connectivity index (χ1) is 35.5. The first kappa shape index (κ1) is 70.9. The van der Waals surface area contributed by atoms with Gasteiger partial charge in [-0.05, 0) is 56.8 Å². The Morgan fingerprint density at radius 3 is 0.479 bits per heavy atom. The van der Waals surface area contributed by atoms with Crippen LogP contribution in [-0.4, -0.2) is 44.3 Å². The second-order valence-electron chi connectivity index (χ2n) is 23.8. The molecule has 0 rings (SSSR count). The van der Waals surface area contributed by atoms with Crippen molar-refractivity contribution in [3.63, 3.8) is 0 Å². The van der Waals surface area contributed by atoms with E-state index in [9.17, 15) is 39.6 Å². The molecule has 0 saturated heterocycles. The average Bonchev–Trinajstić information content (AvgIpc) is 3.36. The zero-order valence-electron chi connectivity index (χ0n) is 49.0. The van der Waals surface area contributed by atoms with E-state index in [1.165, 1.54) is 180 Å². The van der Waals surface area contributed by atoms with Gasteiger partial charge in [-0.25, -0.2) is 0 Å². The van der Waals surface area contributed by atoms with Gasteiger partial charge in [-0.1, -0.05) is 310 Å². The van der Waals surface area contributed by atoms with E-state index in [1.807, 2.05) is 0 Å². The molecule has 4 N–H and O–H groups in total. The average molecular weight is 1030 g/mol. The predicted molar refractivity (Wildman–Crippen MR) is 310 cm³/mol. The molecule has 0 fully saturated rings. The summed E-state index contributed by atoms with van der Waals surface area (Å²) in [6, 6.07) is 0. The van der Waals surface area contributed by atoms with Crippen LogP contribution in [0, 0.1) is 29.1 Å². The second-order valence-corrected chi connectivity index (χ2v) is 23.8. The fourth-order valence-corrected chi connectivity index (χ4v) is 12.1. The maximum absolute atomic E-state index is 13.4. The van der Waals surface area contributed by atoms with E-state index in [0.29, 0.717) is 25.7 Å². The molecule has 432 valence electrons. The van der Waals surface area contributed by atoms with Gasteiger partial charge in [0.25, 0.3) is 0 Å². The third-order valence-corrected chi connectivity index (χ3v) is 16.7. The molecule has 0 aliphatic rings. The van der Waals surface area contributed by atoms with Gasteiger partial charge in [0.05, 0.1) is 23.7 Å². The van der Waals surface area contributed by atoms with Crippen molar-refractivity contribution in [1.82, 2.24) is 0 Å². The molecule has 8 nitrogen and oxygen atoms in total. The van der Waals surface area contributed by atoms with Gasteiger partial charge in [0.2, 0.25) is 0 Å². The Morgan fingerprint density at radius 1 is 0.233 bits per heavy atom. The van der Waals surface area contributed by atoms with Crippen LogP contribution in [0.3, 0.4) is 0 Å². The molecule has 0 bridgehead atoms. The number of hydrogen-bond donors (Lipinski definition) is 4. The van der Waals surface area contributed by atoms with Crippen molar-refractivity contribution in [2.75, 3.05) is 0 Å². The zero-order chi connectivity index (χ0) is 53.9. The van der Waals surface area contributed by atoms with Crippen LogP contribution >= 0.6 is 0 Å². The Bertz CT molecular complexity index is 1060. The number of hydrogen-bond acceptors (Lipinski definition) is 4. The van der Waals surface area contributed by atoms with E-state index < -0.39 is 53.0 Å². The van der Waals surface area contributed by atoms with Gasteiger partial charge in [-0.15, -0.1) is 0 Å². The summed E-state index contributed by atoms with van der Waals surface area (Å²) >= 11 is 0. The van der Waals surface area contributed by atoms with E-state index in [4.69, 9.17) is 0 Å². The lowest BCUT2D eigenvalue weighted by atomic mass is 9.62. The number of aliphatic carboxylic acids is 4. The molecule has 0 aromatic carbocycles. The van der Waals surface area contributed by atoms with Crippen LogP contribution in [0.4, 0.5) is 0 Å². The molecule has 0 aliphatic heterocycles. The standard InChI is InChI=1S/C65H124O8/c1-5-9-13-17-21-25-29-33-37-41-45-49-57(61(66)67)53-65(54-58(62(68)69)50-46-42-38-34-30-26-22-18-14-10-6-2,55-59(63(70)71)51-47-43-39-35-31-27-23-19-15-11-7-3)56-60(64(72)73)52-48-44-40-36-32-28-24-20-16-12-8-4/h57-60H,5-56H2,1-4H3,(H,66,67)(H,68,69)(H,70,71)(H,72,73). The third-order valence-electron chi connectivity index (χ3n) is 16.7. The van der Waals surface area contributed by atoms with E-state index in [0.717, 1.165) is 103 Å². The van der Waals surface area contributed by atoms with E-state index in [2.05, 4.69) is 27.7 Å². The van der Waals surface area contributed by atoms with Gasteiger partial charge >= 0.3 is 23.9 Å². The molecule has 4 unspecified atom stereocenters. The van der Waals surface area contributed by atoms with Gasteiger partial charge in [0.15, 0.2) is 0 Å². The van der Waals surface area contributed by atoms with Crippen molar-refractivity contribution in [3.8, 4) is 0 Å². The van der Waals surface area contributed by atoms with Crippen LogP contribution in [0.25, 0.3) is 0 Å². The van der Waals surface area contributed by atoms with Crippen molar-refractivity contribution < 1.29 is 39.6 Å². The molecule has 0 amide bonds. The maximum Gasteiger partial charge on any atom is 0.306 e. The minimum absolute atomic E-state index is 0.131. The highest BCUT2D eigenvalue weighted by Gasteiger charge is 2.44. The molecule has 0 aromatic rings. The monoisotopic (exact) mass is 1030 g/mol. The van der Waals surface area contributed by atoms with E-state index in [-0.39, 0.29) is 25.7 Å². The summed E-state index contributed by atoms with van der Waals surface area (Å²) in [6.07, 6.45) is 53.1. The number of carbonyl (C=O) groups is 4. The molecule has 4 atom stereocenters. The van der Waals surface area contributed by atoms with Crippen molar-refractivity contribution in [3.05, 3.63) is 0 Å². The molecule has 0 heterocycles. The molecule has 0 aromatic heterocycles. The topological polar surface area (TPSA) is 149 Å². The summed E-state index contributed by atoms with van der Waals surface area (Å²) in [4.78, 5) is 53.4.